The third-order valence-electron chi connectivity index (χ3n) is 3.30. The third-order valence-corrected chi connectivity index (χ3v) is 3.30. The van der Waals surface area contributed by atoms with Gasteiger partial charge < -0.3 is 10.8 Å². The van der Waals surface area contributed by atoms with E-state index < -0.39 is 5.97 Å². The quantitative estimate of drug-likeness (QED) is 0.828. The van der Waals surface area contributed by atoms with Gasteiger partial charge in [-0.2, -0.15) is 0 Å². The van der Waals surface area contributed by atoms with Crippen LogP contribution in [0.3, 0.4) is 0 Å². The smallest absolute Gasteiger partial charge is 0.307 e. The van der Waals surface area contributed by atoms with E-state index in [0.717, 1.165) is 22.3 Å². The summed E-state index contributed by atoms with van der Waals surface area (Å²) in [4.78, 5) is 10.9. The average Bonchev–Trinajstić information content (AvgIpc) is 2.35. The zero-order valence-corrected chi connectivity index (χ0v) is 11.1. The number of carbonyl (C=O) groups is 1. The van der Waals surface area contributed by atoms with Gasteiger partial charge in [-0.05, 0) is 36.1 Å². The van der Waals surface area contributed by atoms with Crippen molar-refractivity contribution in [2.24, 2.45) is 0 Å². The molecular formula is C16H17NO2. The largest absolute Gasteiger partial charge is 0.481 e. The van der Waals surface area contributed by atoms with Crippen molar-refractivity contribution in [3.63, 3.8) is 0 Å². The molecular weight excluding hydrogens is 238 g/mol. The number of carboxylic acid groups (broad SMARTS) is 1. The highest BCUT2D eigenvalue weighted by atomic mass is 16.4. The van der Waals surface area contributed by atoms with E-state index in [9.17, 15) is 4.79 Å². The Hall–Kier alpha value is -2.29. The number of aryl methyl sites for hydroxylation is 2. The van der Waals surface area contributed by atoms with Gasteiger partial charge in [0.2, 0.25) is 0 Å². The lowest BCUT2D eigenvalue weighted by Crippen LogP contribution is -2.06. The molecule has 0 spiro atoms. The van der Waals surface area contributed by atoms with Crippen LogP contribution < -0.4 is 5.73 Å². The van der Waals surface area contributed by atoms with Crippen molar-refractivity contribution in [1.82, 2.24) is 0 Å². The Balaban J connectivity index is 2.63. The first-order valence-corrected chi connectivity index (χ1v) is 6.16. The van der Waals surface area contributed by atoms with Crippen LogP contribution in [0.25, 0.3) is 11.1 Å². The molecule has 0 aromatic heterocycles. The van der Waals surface area contributed by atoms with Crippen LogP contribution in [-0.4, -0.2) is 11.1 Å². The Morgan fingerprint density at radius 2 is 1.79 bits per heavy atom. The number of anilines is 1. The monoisotopic (exact) mass is 255 g/mol. The lowest BCUT2D eigenvalue weighted by Gasteiger charge is -2.15. The fourth-order valence-electron chi connectivity index (χ4n) is 2.30. The predicted octanol–water partition coefficient (Wildman–Crippen LogP) is 3.18. The number of carboxylic acids is 1. The molecule has 0 aliphatic rings. The number of nitrogen functional groups attached to an aromatic ring is 1. The van der Waals surface area contributed by atoms with Gasteiger partial charge in [0.1, 0.15) is 0 Å². The van der Waals surface area contributed by atoms with Crippen LogP contribution in [0.15, 0.2) is 36.4 Å². The summed E-state index contributed by atoms with van der Waals surface area (Å²) in [5.41, 5.74) is 11.6. The number of nitrogens with two attached hydrogens (primary N) is 1. The summed E-state index contributed by atoms with van der Waals surface area (Å²) >= 11 is 0. The van der Waals surface area contributed by atoms with Crippen molar-refractivity contribution in [3.05, 3.63) is 53.1 Å². The van der Waals surface area contributed by atoms with Crippen molar-refractivity contribution >= 4 is 11.7 Å². The van der Waals surface area contributed by atoms with E-state index in [-0.39, 0.29) is 6.42 Å². The van der Waals surface area contributed by atoms with Crippen LogP contribution in [0.1, 0.15) is 16.7 Å². The minimum atomic E-state index is -0.869. The molecule has 0 atom stereocenters. The second kappa shape index (κ2) is 5.14. The van der Waals surface area contributed by atoms with Gasteiger partial charge in [-0.3, -0.25) is 4.79 Å². The summed E-state index contributed by atoms with van der Waals surface area (Å²) in [7, 11) is 0. The van der Waals surface area contributed by atoms with Crippen LogP contribution in [0, 0.1) is 13.8 Å². The highest BCUT2D eigenvalue weighted by Crippen LogP contribution is 2.34. The van der Waals surface area contributed by atoms with Crippen molar-refractivity contribution < 1.29 is 9.90 Å². The van der Waals surface area contributed by atoms with Gasteiger partial charge in [0.05, 0.1) is 6.42 Å². The fraction of sp³-hybridized carbons (Fsp3) is 0.188. The maximum Gasteiger partial charge on any atom is 0.307 e. The highest BCUT2D eigenvalue weighted by molar-refractivity contribution is 5.85. The van der Waals surface area contributed by atoms with Crippen LogP contribution >= 0.6 is 0 Å². The van der Waals surface area contributed by atoms with Crippen molar-refractivity contribution in [3.8, 4) is 11.1 Å². The summed E-state index contributed by atoms with van der Waals surface area (Å²) in [6, 6.07) is 11.7. The lowest BCUT2D eigenvalue weighted by molar-refractivity contribution is -0.136. The molecule has 3 N–H and O–H groups in total. The number of hydrogen-bond donors (Lipinski definition) is 2. The van der Waals surface area contributed by atoms with Gasteiger partial charge in [0, 0.05) is 11.3 Å². The molecule has 0 fully saturated rings. The Morgan fingerprint density at radius 1 is 1.11 bits per heavy atom. The van der Waals surface area contributed by atoms with Gasteiger partial charge in [0.25, 0.3) is 0 Å². The SMILES string of the molecule is Cc1ccccc1-c1c(C)ccc(CC(=O)O)c1N. The van der Waals surface area contributed by atoms with Crippen LogP contribution in [0.2, 0.25) is 0 Å². The molecule has 0 heterocycles. The van der Waals surface area contributed by atoms with Gasteiger partial charge in [-0.1, -0.05) is 36.4 Å². The molecule has 0 saturated carbocycles. The number of hydrogen-bond acceptors (Lipinski definition) is 2. The molecule has 0 unspecified atom stereocenters. The minimum Gasteiger partial charge on any atom is -0.481 e. The number of rotatable bonds is 3. The highest BCUT2D eigenvalue weighted by Gasteiger charge is 2.13. The maximum atomic E-state index is 10.9. The molecule has 19 heavy (non-hydrogen) atoms. The minimum absolute atomic E-state index is 0.0506. The second-order valence-electron chi connectivity index (χ2n) is 4.72. The Morgan fingerprint density at radius 3 is 2.42 bits per heavy atom. The summed E-state index contributed by atoms with van der Waals surface area (Å²) in [6.45, 7) is 4.01. The Kier molecular flexibility index (Phi) is 3.56. The van der Waals surface area contributed by atoms with Crippen molar-refractivity contribution in [2.45, 2.75) is 20.3 Å². The topological polar surface area (TPSA) is 63.3 Å². The first-order valence-electron chi connectivity index (χ1n) is 6.16. The number of aliphatic carboxylic acids is 1. The summed E-state index contributed by atoms with van der Waals surface area (Å²) in [5, 5.41) is 8.92. The van der Waals surface area contributed by atoms with E-state index in [1.807, 2.05) is 44.2 Å². The number of benzene rings is 2. The molecule has 3 nitrogen and oxygen atoms in total. The molecule has 2 aromatic rings. The molecule has 0 saturated heterocycles. The van der Waals surface area contributed by atoms with Crippen LogP contribution in [-0.2, 0) is 11.2 Å². The molecule has 2 aromatic carbocycles. The van der Waals surface area contributed by atoms with Crippen molar-refractivity contribution in [2.75, 3.05) is 5.73 Å². The lowest BCUT2D eigenvalue weighted by atomic mass is 9.92. The molecule has 0 aliphatic carbocycles. The standard InChI is InChI=1S/C16H17NO2/c1-10-5-3-4-6-13(10)15-11(2)7-8-12(16(15)17)9-14(18)19/h3-8H,9,17H2,1-2H3,(H,18,19). The van der Waals surface area contributed by atoms with E-state index in [2.05, 4.69) is 0 Å². The predicted molar refractivity (Wildman–Crippen MR) is 77.1 cm³/mol. The van der Waals surface area contributed by atoms with Crippen LogP contribution in [0.5, 0.6) is 0 Å². The molecule has 0 amide bonds. The first kappa shape index (κ1) is 13.1. The molecule has 0 aliphatic heterocycles. The normalized spacial score (nSPS) is 10.4. The van der Waals surface area contributed by atoms with Gasteiger partial charge in [-0.15, -0.1) is 0 Å². The molecule has 98 valence electrons. The first-order chi connectivity index (χ1) is 9.00. The van der Waals surface area contributed by atoms with Gasteiger partial charge in [-0.25, -0.2) is 0 Å². The summed E-state index contributed by atoms with van der Waals surface area (Å²) < 4.78 is 0. The summed E-state index contributed by atoms with van der Waals surface area (Å²) in [6.07, 6.45) is -0.0506. The van der Waals surface area contributed by atoms with Gasteiger partial charge in [0.15, 0.2) is 0 Å². The zero-order valence-electron chi connectivity index (χ0n) is 11.1. The van der Waals surface area contributed by atoms with E-state index in [4.69, 9.17) is 10.8 Å². The fourth-order valence-corrected chi connectivity index (χ4v) is 2.30. The Labute approximate surface area is 112 Å². The molecule has 3 heteroatoms. The zero-order chi connectivity index (χ0) is 14.0. The van der Waals surface area contributed by atoms with E-state index >= 15 is 0 Å². The van der Waals surface area contributed by atoms with Gasteiger partial charge >= 0.3 is 5.97 Å². The van der Waals surface area contributed by atoms with E-state index in [0.29, 0.717) is 11.3 Å². The van der Waals surface area contributed by atoms with E-state index in [1.165, 1.54) is 0 Å². The maximum absolute atomic E-state index is 10.9. The summed E-state index contributed by atoms with van der Waals surface area (Å²) in [5.74, 6) is -0.869. The molecule has 2 rings (SSSR count). The molecule has 0 radical (unpaired) electrons. The van der Waals surface area contributed by atoms with Crippen LogP contribution in [0.4, 0.5) is 5.69 Å². The average molecular weight is 255 g/mol. The molecule has 0 bridgehead atoms. The van der Waals surface area contributed by atoms with Crippen molar-refractivity contribution in [1.29, 1.82) is 0 Å². The van der Waals surface area contributed by atoms with E-state index in [1.54, 1.807) is 6.07 Å². The third kappa shape index (κ3) is 2.60. The second-order valence-corrected chi connectivity index (χ2v) is 4.72. The Bertz CT molecular complexity index is 633.